The maximum atomic E-state index is 4.16. The lowest BCUT2D eigenvalue weighted by Crippen LogP contribution is -2.16. The van der Waals surface area contributed by atoms with Crippen LogP contribution in [0.4, 0.5) is 0 Å². The zero-order valence-corrected chi connectivity index (χ0v) is 7.45. The minimum Gasteiger partial charge on any atom is -0.333 e. The molecule has 0 unspecified atom stereocenters. The summed E-state index contributed by atoms with van der Waals surface area (Å²) in [7, 11) is 0. The first kappa shape index (κ1) is 7.80. The fraction of sp³-hybridized carbons (Fsp3) is 0.667. The number of hydrogen-bond donors (Lipinski definition) is 1. The van der Waals surface area contributed by atoms with E-state index in [0.29, 0.717) is 6.04 Å². The van der Waals surface area contributed by atoms with Crippen molar-refractivity contribution in [2.75, 3.05) is 6.54 Å². The van der Waals surface area contributed by atoms with Crippen LogP contribution in [-0.4, -0.2) is 16.1 Å². The summed E-state index contributed by atoms with van der Waals surface area (Å²) in [5.74, 6) is 0. The van der Waals surface area contributed by atoms with E-state index in [1.165, 1.54) is 18.5 Å². The number of rotatable bonds is 2. The molecule has 3 heteroatoms. The van der Waals surface area contributed by atoms with Crippen molar-refractivity contribution in [2.24, 2.45) is 0 Å². The summed E-state index contributed by atoms with van der Waals surface area (Å²) >= 11 is 0. The number of nitrogens with one attached hydrogen (secondary N) is 1. The molecule has 0 spiro atoms. The molecule has 1 aliphatic heterocycles. The highest BCUT2D eigenvalue weighted by Gasteiger charge is 2.18. The Bertz CT molecular complexity index is 248. The number of nitrogens with zero attached hydrogens (tertiary/aromatic N) is 2. The van der Waals surface area contributed by atoms with Gasteiger partial charge in [-0.1, -0.05) is 0 Å². The van der Waals surface area contributed by atoms with Gasteiger partial charge in [0.05, 0.1) is 12.0 Å². The van der Waals surface area contributed by atoms with Gasteiger partial charge in [0.15, 0.2) is 0 Å². The number of aryl methyl sites for hydroxylation is 1. The van der Waals surface area contributed by atoms with Crippen molar-refractivity contribution >= 4 is 0 Å². The molecule has 1 aliphatic rings. The molecule has 3 nitrogen and oxygen atoms in total. The van der Waals surface area contributed by atoms with Crippen LogP contribution in [0, 0.1) is 0 Å². The van der Waals surface area contributed by atoms with Gasteiger partial charge < -0.3 is 9.88 Å². The molecule has 1 aromatic heterocycles. The van der Waals surface area contributed by atoms with Crippen LogP contribution in [-0.2, 0) is 6.54 Å². The average Bonchev–Trinajstić information content (AvgIpc) is 2.74. The maximum absolute atomic E-state index is 4.16. The topological polar surface area (TPSA) is 29.9 Å². The predicted octanol–water partition coefficient (Wildman–Crippen LogP) is 1.33. The van der Waals surface area contributed by atoms with Crippen LogP contribution in [0.1, 0.15) is 31.5 Å². The molecule has 66 valence electrons. The summed E-state index contributed by atoms with van der Waals surface area (Å²) in [5.41, 5.74) is 1.34. The van der Waals surface area contributed by atoms with Gasteiger partial charge in [0.2, 0.25) is 0 Å². The molecule has 0 amide bonds. The predicted molar refractivity (Wildman–Crippen MR) is 47.9 cm³/mol. The smallest absolute Gasteiger partial charge is 0.0948 e. The quantitative estimate of drug-likeness (QED) is 0.716. The summed E-state index contributed by atoms with van der Waals surface area (Å²) < 4.78 is 2.21. The summed E-state index contributed by atoms with van der Waals surface area (Å²) in [6.45, 7) is 4.33. The summed E-state index contributed by atoms with van der Waals surface area (Å²) in [5, 5.41) is 3.47. The molecule has 1 aromatic rings. The van der Waals surface area contributed by atoms with Crippen molar-refractivity contribution < 1.29 is 0 Å². The highest BCUT2D eigenvalue weighted by molar-refractivity contribution is 5.06. The lowest BCUT2D eigenvalue weighted by atomic mass is 10.2. The molecule has 0 radical (unpaired) electrons. The number of hydrogen-bond acceptors (Lipinski definition) is 2. The van der Waals surface area contributed by atoms with E-state index >= 15 is 0 Å². The van der Waals surface area contributed by atoms with E-state index in [-0.39, 0.29) is 0 Å². The van der Waals surface area contributed by atoms with Gasteiger partial charge in [-0.2, -0.15) is 0 Å². The fourth-order valence-corrected chi connectivity index (χ4v) is 1.82. The van der Waals surface area contributed by atoms with Crippen LogP contribution >= 0.6 is 0 Å². The summed E-state index contributed by atoms with van der Waals surface area (Å²) in [6.07, 6.45) is 6.44. The van der Waals surface area contributed by atoms with E-state index in [9.17, 15) is 0 Å². The lowest BCUT2D eigenvalue weighted by molar-refractivity contribution is 0.577. The van der Waals surface area contributed by atoms with Crippen molar-refractivity contribution in [2.45, 2.75) is 32.4 Å². The molecule has 1 saturated heterocycles. The third-order valence-electron chi connectivity index (χ3n) is 2.50. The molecule has 2 rings (SSSR count). The van der Waals surface area contributed by atoms with Crippen molar-refractivity contribution in [3.8, 4) is 0 Å². The minimum absolute atomic E-state index is 0.549. The fourth-order valence-electron chi connectivity index (χ4n) is 1.82. The third kappa shape index (κ3) is 1.25. The largest absolute Gasteiger partial charge is 0.333 e. The Morgan fingerprint density at radius 1 is 1.75 bits per heavy atom. The molecule has 0 aliphatic carbocycles. The van der Waals surface area contributed by atoms with Crippen molar-refractivity contribution in [3.05, 3.63) is 18.2 Å². The molecular weight excluding hydrogens is 150 g/mol. The monoisotopic (exact) mass is 165 g/mol. The summed E-state index contributed by atoms with van der Waals surface area (Å²) in [6, 6.07) is 0.549. The highest BCUT2D eigenvalue weighted by atomic mass is 15.1. The van der Waals surface area contributed by atoms with Crippen LogP contribution in [0.2, 0.25) is 0 Å². The molecular formula is C9H15N3. The second kappa shape index (κ2) is 3.27. The van der Waals surface area contributed by atoms with E-state index in [1.54, 1.807) is 0 Å². The molecule has 2 heterocycles. The van der Waals surface area contributed by atoms with Crippen LogP contribution in [0.15, 0.2) is 12.5 Å². The Balaban J connectivity index is 2.19. The van der Waals surface area contributed by atoms with E-state index in [0.717, 1.165) is 13.1 Å². The Labute approximate surface area is 72.8 Å². The van der Waals surface area contributed by atoms with Gasteiger partial charge >= 0.3 is 0 Å². The Hall–Kier alpha value is -0.830. The first-order valence-electron chi connectivity index (χ1n) is 4.65. The van der Waals surface area contributed by atoms with Gasteiger partial charge in [0, 0.05) is 18.8 Å². The molecule has 0 bridgehead atoms. The Kier molecular flexibility index (Phi) is 2.13. The first-order chi connectivity index (χ1) is 5.92. The third-order valence-corrected chi connectivity index (χ3v) is 2.50. The van der Waals surface area contributed by atoms with Gasteiger partial charge in [-0.25, -0.2) is 4.98 Å². The van der Waals surface area contributed by atoms with Crippen LogP contribution < -0.4 is 5.32 Å². The van der Waals surface area contributed by atoms with Gasteiger partial charge in [-0.05, 0) is 26.3 Å². The minimum atomic E-state index is 0.549. The lowest BCUT2D eigenvalue weighted by Gasteiger charge is -2.11. The second-order valence-corrected chi connectivity index (χ2v) is 3.25. The van der Waals surface area contributed by atoms with E-state index in [2.05, 4.69) is 21.8 Å². The van der Waals surface area contributed by atoms with Gasteiger partial charge in [0.25, 0.3) is 0 Å². The van der Waals surface area contributed by atoms with Crippen LogP contribution in [0.5, 0.6) is 0 Å². The Morgan fingerprint density at radius 2 is 2.67 bits per heavy atom. The van der Waals surface area contributed by atoms with Crippen molar-refractivity contribution in [1.82, 2.24) is 14.9 Å². The molecule has 1 atom stereocenters. The van der Waals surface area contributed by atoms with E-state index in [1.807, 2.05) is 12.5 Å². The molecule has 0 aromatic carbocycles. The van der Waals surface area contributed by atoms with Crippen LogP contribution in [0.25, 0.3) is 0 Å². The van der Waals surface area contributed by atoms with Crippen molar-refractivity contribution in [1.29, 1.82) is 0 Å². The van der Waals surface area contributed by atoms with E-state index < -0.39 is 0 Å². The van der Waals surface area contributed by atoms with Crippen molar-refractivity contribution in [3.63, 3.8) is 0 Å². The highest BCUT2D eigenvalue weighted by Crippen LogP contribution is 2.22. The maximum Gasteiger partial charge on any atom is 0.0948 e. The van der Waals surface area contributed by atoms with Gasteiger partial charge in [-0.15, -0.1) is 0 Å². The molecule has 0 saturated carbocycles. The molecule has 1 N–H and O–H groups in total. The second-order valence-electron chi connectivity index (χ2n) is 3.25. The number of imidazole rings is 1. The first-order valence-corrected chi connectivity index (χ1v) is 4.65. The molecule has 12 heavy (non-hydrogen) atoms. The zero-order valence-electron chi connectivity index (χ0n) is 7.45. The normalized spacial score (nSPS) is 23.2. The van der Waals surface area contributed by atoms with Gasteiger partial charge in [-0.3, -0.25) is 0 Å². The van der Waals surface area contributed by atoms with Crippen LogP contribution in [0.3, 0.4) is 0 Å². The average molecular weight is 165 g/mol. The van der Waals surface area contributed by atoms with Gasteiger partial charge in [0.1, 0.15) is 0 Å². The SMILES string of the molecule is CCn1cncc1[C@@H]1CCCN1. The molecule has 1 fully saturated rings. The number of aromatic nitrogens is 2. The Morgan fingerprint density at radius 3 is 3.33 bits per heavy atom. The standard InChI is InChI=1S/C9H15N3/c1-2-12-7-10-6-9(12)8-4-3-5-11-8/h6-8,11H,2-5H2,1H3/t8-/m0/s1. The summed E-state index contributed by atoms with van der Waals surface area (Å²) in [4.78, 5) is 4.16. The zero-order chi connectivity index (χ0) is 8.39. The van der Waals surface area contributed by atoms with E-state index in [4.69, 9.17) is 0 Å².